The highest BCUT2D eigenvalue weighted by Gasteiger charge is 2.18. The molecule has 2 aromatic heterocycles. The quantitative estimate of drug-likeness (QED) is 0.471. The van der Waals surface area contributed by atoms with Gasteiger partial charge in [0.2, 0.25) is 5.91 Å². The maximum atomic E-state index is 13.7. The van der Waals surface area contributed by atoms with Gasteiger partial charge < -0.3 is 5.32 Å². The van der Waals surface area contributed by atoms with E-state index < -0.39 is 10.8 Å². The first kappa shape index (κ1) is 18.7. The number of hydrogen-bond acceptors (Lipinski definition) is 5. The van der Waals surface area contributed by atoms with Gasteiger partial charge in [-0.05, 0) is 28.9 Å². The molecule has 1 aromatic carbocycles. The van der Waals surface area contributed by atoms with Gasteiger partial charge in [-0.3, -0.25) is 24.3 Å². The number of aryl methyl sites for hydroxylation is 1. The summed E-state index contributed by atoms with van der Waals surface area (Å²) in [6, 6.07) is 6.34. The van der Waals surface area contributed by atoms with Gasteiger partial charge in [-0.15, -0.1) is 0 Å². The maximum absolute atomic E-state index is 13.7. The van der Waals surface area contributed by atoms with Crippen molar-refractivity contribution in [3.63, 3.8) is 0 Å². The van der Waals surface area contributed by atoms with Gasteiger partial charge in [0, 0.05) is 11.8 Å². The van der Waals surface area contributed by atoms with E-state index in [4.69, 9.17) is 0 Å². The highest BCUT2D eigenvalue weighted by Crippen LogP contribution is 2.21. The minimum atomic E-state index is -0.558. The summed E-state index contributed by atoms with van der Waals surface area (Å²) in [4.78, 5) is 22.5. The summed E-state index contributed by atoms with van der Waals surface area (Å²) in [6.07, 6.45) is 2.81. The largest absolute Gasteiger partial charge is 0.309 e. The number of rotatable bonds is 6. The fourth-order valence-electron chi connectivity index (χ4n) is 2.45. The number of carbonyl (C=O) groups excluding carboxylic acids is 1. The highest BCUT2D eigenvalue weighted by molar-refractivity contribution is 9.10. The molecule has 0 aliphatic heterocycles. The molecule has 0 fully saturated rings. The first-order valence-electron chi connectivity index (χ1n) is 7.78. The van der Waals surface area contributed by atoms with Crippen LogP contribution in [0.3, 0.4) is 0 Å². The Hall–Kier alpha value is -3.08. The lowest BCUT2D eigenvalue weighted by Gasteiger charge is -2.04. The van der Waals surface area contributed by atoms with E-state index in [9.17, 15) is 19.3 Å². The van der Waals surface area contributed by atoms with Crippen molar-refractivity contribution in [2.24, 2.45) is 0 Å². The summed E-state index contributed by atoms with van der Waals surface area (Å²) in [6.45, 7) is 1.49. The fourth-order valence-corrected chi connectivity index (χ4v) is 2.86. The molecule has 0 bridgehead atoms. The second kappa shape index (κ2) is 7.66. The molecule has 0 saturated heterocycles. The molecule has 3 aromatic rings. The number of nitrogens with one attached hydrogen (secondary N) is 1. The predicted octanol–water partition coefficient (Wildman–Crippen LogP) is 2.88. The molecule has 0 spiro atoms. The molecular weight excluding hydrogens is 423 g/mol. The third-order valence-electron chi connectivity index (χ3n) is 3.69. The molecule has 9 nitrogen and oxygen atoms in total. The summed E-state index contributed by atoms with van der Waals surface area (Å²) in [5, 5.41) is 21.6. The van der Waals surface area contributed by atoms with E-state index in [0.29, 0.717) is 10.0 Å². The number of amides is 1. The summed E-state index contributed by atoms with van der Waals surface area (Å²) >= 11 is 3.29. The van der Waals surface area contributed by atoms with Crippen LogP contribution in [0.2, 0.25) is 0 Å². The van der Waals surface area contributed by atoms with Crippen molar-refractivity contribution in [1.29, 1.82) is 0 Å². The topological polar surface area (TPSA) is 108 Å². The number of aromatic nitrogens is 4. The Labute approximate surface area is 161 Å². The standard InChI is InChI=1S/C16H14BrFN6O3/c1-10-14(24(26)27)8-23(20-10)9-15(25)19-16-12(17)7-22(21-16)6-11-4-2-3-5-13(11)18/h2-5,7-8H,6,9H2,1H3,(H,19,21,25). The first-order chi connectivity index (χ1) is 12.8. The van der Waals surface area contributed by atoms with Crippen LogP contribution < -0.4 is 5.32 Å². The molecule has 0 atom stereocenters. The molecule has 1 amide bonds. The van der Waals surface area contributed by atoms with Crippen molar-refractivity contribution in [2.45, 2.75) is 20.0 Å². The van der Waals surface area contributed by atoms with Crippen LogP contribution >= 0.6 is 15.9 Å². The van der Waals surface area contributed by atoms with Gasteiger partial charge in [-0.2, -0.15) is 10.2 Å². The number of anilines is 1. The number of halogens is 2. The lowest BCUT2D eigenvalue weighted by molar-refractivity contribution is -0.385. The van der Waals surface area contributed by atoms with E-state index in [1.54, 1.807) is 24.4 Å². The zero-order valence-electron chi connectivity index (χ0n) is 14.1. The molecule has 0 saturated carbocycles. The van der Waals surface area contributed by atoms with Crippen LogP contribution in [-0.4, -0.2) is 30.4 Å². The van der Waals surface area contributed by atoms with E-state index in [2.05, 4.69) is 31.4 Å². The molecule has 140 valence electrons. The average molecular weight is 437 g/mol. The Morgan fingerprint density at radius 2 is 2.04 bits per heavy atom. The zero-order chi connectivity index (χ0) is 19.6. The summed E-state index contributed by atoms with van der Waals surface area (Å²) in [5.74, 6) is -0.538. The molecule has 0 aliphatic rings. The van der Waals surface area contributed by atoms with Crippen LogP contribution in [0.15, 0.2) is 41.1 Å². The van der Waals surface area contributed by atoms with Gasteiger partial charge in [-0.25, -0.2) is 4.39 Å². The van der Waals surface area contributed by atoms with Gasteiger partial charge >= 0.3 is 5.69 Å². The second-order valence-electron chi connectivity index (χ2n) is 5.72. The highest BCUT2D eigenvalue weighted by atomic mass is 79.9. The third kappa shape index (κ3) is 4.37. The fraction of sp³-hybridized carbons (Fsp3) is 0.188. The van der Waals surface area contributed by atoms with Crippen LogP contribution in [0.25, 0.3) is 0 Å². The van der Waals surface area contributed by atoms with Gasteiger partial charge in [0.15, 0.2) is 5.82 Å². The van der Waals surface area contributed by atoms with Crippen molar-refractivity contribution in [1.82, 2.24) is 19.6 Å². The van der Waals surface area contributed by atoms with Gasteiger partial charge in [0.1, 0.15) is 24.3 Å². The Morgan fingerprint density at radius 1 is 1.30 bits per heavy atom. The number of nitrogens with zero attached hydrogens (tertiary/aromatic N) is 5. The van der Waals surface area contributed by atoms with E-state index >= 15 is 0 Å². The minimum absolute atomic E-state index is 0.154. The molecule has 27 heavy (non-hydrogen) atoms. The Kier molecular flexibility index (Phi) is 5.31. The molecule has 0 unspecified atom stereocenters. The lowest BCUT2D eigenvalue weighted by Crippen LogP contribution is -2.19. The number of benzene rings is 1. The number of carbonyl (C=O) groups is 1. The SMILES string of the molecule is Cc1nn(CC(=O)Nc2nn(Cc3ccccc3F)cc2Br)cc1[N+](=O)[O-]. The molecule has 3 rings (SSSR count). The van der Waals surface area contributed by atoms with Crippen molar-refractivity contribution in [3.05, 3.63) is 68.3 Å². The maximum Gasteiger partial charge on any atom is 0.309 e. The Morgan fingerprint density at radius 3 is 2.70 bits per heavy atom. The Balaban J connectivity index is 1.68. The zero-order valence-corrected chi connectivity index (χ0v) is 15.7. The third-order valence-corrected chi connectivity index (χ3v) is 4.27. The van der Waals surface area contributed by atoms with Gasteiger partial charge in [0.25, 0.3) is 0 Å². The van der Waals surface area contributed by atoms with Crippen LogP contribution in [0.1, 0.15) is 11.3 Å². The van der Waals surface area contributed by atoms with Gasteiger partial charge in [0.05, 0.1) is 15.9 Å². The van der Waals surface area contributed by atoms with E-state index in [0.717, 1.165) is 0 Å². The first-order valence-corrected chi connectivity index (χ1v) is 8.57. The molecule has 2 heterocycles. The van der Waals surface area contributed by atoms with E-state index in [1.807, 2.05) is 0 Å². The number of hydrogen-bond donors (Lipinski definition) is 1. The second-order valence-corrected chi connectivity index (χ2v) is 6.57. The average Bonchev–Trinajstić information content (AvgIpc) is 3.12. The van der Waals surface area contributed by atoms with Crippen molar-refractivity contribution < 1.29 is 14.1 Å². The number of nitro groups is 1. The lowest BCUT2D eigenvalue weighted by atomic mass is 10.2. The van der Waals surface area contributed by atoms with Crippen molar-refractivity contribution in [2.75, 3.05) is 5.32 Å². The Bertz CT molecular complexity index is 1020. The van der Waals surface area contributed by atoms with Gasteiger partial charge in [-0.1, -0.05) is 18.2 Å². The molecule has 1 N–H and O–H groups in total. The molecule has 11 heteroatoms. The minimum Gasteiger partial charge on any atom is -0.307 e. The van der Waals surface area contributed by atoms with Crippen molar-refractivity contribution >= 4 is 33.3 Å². The normalized spacial score (nSPS) is 10.8. The summed E-state index contributed by atoms with van der Waals surface area (Å²) < 4.78 is 16.9. The summed E-state index contributed by atoms with van der Waals surface area (Å²) in [7, 11) is 0. The predicted molar refractivity (Wildman–Crippen MR) is 97.7 cm³/mol. The monoisotopic (exact) mass is 436 g/mol. The molecule has 0 aliphatic carbocycles. The van der Waals surface area contributed by atoms with Crippen LogP contribution in [0, 0.1) is 22.9 Å². The summed E-state index contributed by atoms with van der Waals surface area (Å²) in [5.41, 5.74) is 0.533. The van der Waals surface area contributed by atoms with Crippen LogP contribution in [-0.2, 0) is 17.9 Å². The van der Waals surface area contributed by atoms with E-state index in [1.165, 1.54) is 28.6 Å². The smallest absolute Gasteiger partial charge is 0.307 e. The molecule has 0 radical (unpaired) electrons. The van der Waals surface area contributed by atoms with E-state index in [-0.39, 0.29) is 36.1 Å². The van der Waals surface area contributed by atoms with Crippen LogP contribution in [0.4, 0.5) is 15.9 Å². The van der Waals surface area contributed by atoms with Crippen molar-refractivity contribution in [3.8, 4) is 0 Å². The van der Waals surface area contributed by atoms with Crippen LogP contribution in [0.5, 0.6) is 0 Å². The molecular formula is C16H14BrFN6O3.